The number of hydrogen-bond acceptors (Lipinski definition) is 5. The molecule has 2 rings (SSSR count). The van der Waals surface area contributed by atoms with Gasteiger partial charge in [-0.05, 0) is 6.92 Å². The van der Waals surface area contributed by atoms with Crippen LogP contribution >= 0.6 is 0 Å². The number of aromatic nitrogens is 4. The third-order valence-corrected chi connectivity index (χ3v) is 2.16. The summed E-state index contributed by atoms with van der Waals surface area (Å²) in [4.78, 5) is 7.94. The van der Waals surface area contributed by atoms with Crippen LogP contribution in [-0.2, 0) is 7.05 Å². The van der Waals surface area contributed by atoms with Gasteiger partial charge in [0.15, 0.2) is 17.3 Å². The summed E-state index contributed by atoms with van der Waals surface area (Å²) in [6.07, 6.45) is 3.01. The summed E-state index contributed by atoms with van der Waals surface area (Å²) < 4.78 is 1.74. The molecular weight excluding hydrogens is 204 g/mol. The number of hydrogen-bond donors (Lipinski definition) is 1. The minimum absolute atomic E-state index is 0.255. The Labute approximate surface area is 92.6 Å². The molecule has 0 aliphatic heterocycles. The molecule has 0 aliphatic rings. The summed E-state index contributed by atoms with van der Waals surface area (Å²) in [6.45, 7) is 1.94. The van der Waals surface area contributed by atoms with Crippen LogP contribution in [0, 0.1) is 18.3 Å². The zero-order valence-corrected chi connectivity index (χ0v) is 8.97. The molecule has 0 bridgehead atoms. The fraction of sp³-hybridized carbons (Fsp3) is 0.200. The molecule has 0 saturated heterocycles. The molecule has 80 valence electrons. The lowest BCUT2D eigenvalue weighted by Crippen LogP contribution is -2.00. The van der Waals surface area contributed by atoms with Crippen molar-refractivity contribution in [1.29, 1.82) is 5.26 Å². The van der Waals surface area contributed by atoms with Gasteiger partial charge in [-0.15, -0.1) is 0 Å². The highest BCUT2D eigenvalue weighted by Crippen LogP contribution is 2.15. The first-order chi connectivity index (χ1) is 7.70. The first kappa shape index (κ1) is 10.1. The predicted octanol–water partition coefficient (Wildman–Crippen LogP) is 1.13. The Hall–Kier alpha value is -2.42. The molecule has 0 unspecified atom stereocenters. The number of nitrogens with zero attached hydrogens (tertiary/aromatic N) is 5. The molecule has 2 heterocycles. The Morgan fingerprint density at radius 3 is 2.75 bits per heavy atom. The maximum Gasteiger partial charge on any atom is 0.183 e. The van der Waals surface area contributed by atoms with Crippen molar-refractivity contribution in [2.75, 3.05) is 5.32 Å². The highest BCUT2D eigenvalue weighted by atomic mass is 15.3. The van der Waals surface area contributed by atoms with Crippen LogP contribution in [0.1, 0.15) is 11.4 Å². The molecule has 2 aromatic heterocycles. The van der Waals surface area contributed by atoms with Crippen molar-refractivity contribution < 1.29 is 0 Å². The molecule has 0 amide bonds. The van der Waals surface area contributed by atoms with Crippen molar-refractivity contribution in [1.82, 2.24) is 19.7 Å². The van der Waals surface area contributed by atoms with Crippen LogP contribution < -0.4 is 5.32 Å². The number of rotatable bonds is 2. The molecule has 0 aromatic carbocycles. The van der Waals surface area contributed by atoms with Crippen molar-refractivity contribution in [2.45, 2.75) is 6.92 Å². The second-order valence-electron chi connectivity index (χ2n) is 3.28. The summed E-state index contributed by atoms with van der Waals surface area (Å²) in [7, 11) is 1.85. The maximum absolute atomic E-state index is 8.84. The minimum Gasteiger partial charge on any atom is -0.321 e. The Morgan fingerprint density at radius 1 is 1.38 bits per heavy atom. The lowest BCUT2D eigenvalue weighted by Gasteiger charge is -2.01. The van der Waals surface area contributed by atoms with Crippen LogP contribution in [0.3, 0.4) is 0 Å². The third kappa shape index (κ3) is 1.83. The van der Waals surface area contributed by atoms with E-state index in [0.717, 1.165) is 5.69 Å². The number of nitrogens with one attached hydrogen (secondary N) is 1. The monoisotopic (exact) mass is 214 g/mol. The van der Waals surface area contributed by atoms with E-state index in [1.807, 2.05) is 26.1 Å². The van der Waals surface area contributed by atoms with E-state index in [4.69, 9.17) is 5.26 Å². The largest absolute Gasteiger partial charge is 0.321 e. The average Bonchev–Trinajstić information content (AvgIpc) is 2.59. The van der Waals surface area contributed by atoms with Gasteiger partial charge in [0.1, 0.15) is 6.07 Å². The molecular formula is C10H10N6. The smallest absolute Gasteiger partial charge is 0.183 e. The van der Waals surface area contributed by atoms with Crippen molar-refractivity contribution in [3.8, 4) is 6.07 Å². The lowest BCUT2D eigenvalue weighted by molar-refractivity contribution is 0.743. The van der Waals surface area contributed by atoms with Crippen LogP contribution in [0.4, 0.5) is 11.6 Å². The average molecular weight is 214 g/mol. The van der Waals surface area contributed by atoms with Crippen molar-refractivity contribution >= 4 is 11.6 Å². The first-order valence-corrected chi connectivity index (χ1v) is 4.69. The summed E-state index contributed by atoms with van der Waals surface area (Å²) in [5.74, 6) is 1.07. The Morgan fingerprint density at radius 2 is 2.12 bits per heavy atom. The van der Waals surface area contributed by atoms with E-state index in [0.29, 0.717) is 11.6 Å². The lowest BCUT2D eigenvalue weighted by atomic mass is 10.4. The molecule has 0 radical (unpaired) electrons. The zero-order valence-electron chi connectivity index (χ0n) is 8.97. The topological polar surface area (TPSA) is 79.4 Å². The fourth-order valence-electron chi connectivity index (χ4n) is 1.25. The zero-order chi connectivity index (χ0) is 11.5. The second-order valence-corrected chi connectivity index (χ2v) is 3.28. The van der Waals surface area contributed by atoms with Crippen molar-refractivity contribution in [3.05, 3.63) is 29.8 Å². The van der Waals surface area contributed by atoms with Gasteiger partial charge < -0.3 is 5.32 Å². The van der Waals surface area contributed by atoms with Gasteiger partial charge in [-0.1, -0.05) is 0 Å². The van der Waals surface area contributed by atoms with Gasteiger partial charge in [-0.25, -0.2) is 9.97 Å². The van der Waals surface area contributed by atoms with Gasteiger partial charge in [0.25, 0.3) is 0 Å². The van der Waals surface area contributed by atoms with Gasteiger partial charge in [0.2, 0.25) is 0 Å². The van der Waals surface area contributed by atoms with Gasteiger partial charge in [-0.2, -0.15) is 10.4 Å². The SMILES string of the molecule is Cc1cc(Nc2nccnc2C#N)nn1C. The summed E-state index contributed by atoms with van der Waals surface area (Å²) in [5, 5.41) is 16.0. The van der Waals surface area contributed by atoms with Crippen LogP contribution in [0.25, 0.3) is 0 Å². The molecule has 1 N–H and O–H groups in total. The van der Waals surface area contributed by atoms with Crippen LogP contribution in [-0.4, -0.2) is 19.7 Å². The highest BCUT2D eigenvalue weighted by Gasteiger charge is 2.06. The van der Waals surface area contributed by atoms with Crippen molar-refractivity contribution in [3.63, 3.8) is 0 Å². The Kier molecular flexibility index (Phi) is 2.52. The molecule has 0 atom stereocenters. The molecule has 0 aliphatic carbocycles. The van der Waals surface area contributed by atoms with E-state index in [1.54, 1.807) is 4.68 Å². The standard InChI is InChI=1S/C10H10N6/c1-7-5-9(15-16(7)2)14-10-8(6-11)12-3-4-13-10/h3-5H,1-2H3,(H,13,14,15). The van der Waals surface area contributed by atoms with Crippen LogP contribution in [0.5, 0.6) is 0 Å². The Bertz CT molecular complexity index is 531. The molecule has 0 fully saturated rings. The van der Waals surface area contributed by atoms with Crippen LogP contribution in [0.15, 0.2) is 18.5 Å². The predicted molar refractivity (Wildman–Crippen MR) is 58.0 cm³/mol. The molecule has 0 spiro atoms. The molecule has 0 saturated carbocycles. The Balaban J connectivity index is 2.31. The minimum atomic E-state index is 0.255. The number of aryl methyl sites for hydroxylation is 2. The molecule has 6 heteroatoms. The number of nitriles is 1. The van der Waals surface area contributed by atoms with E-state index in [-0.39, 0.29) is 5.69 Å². The normalized spacial score (nSPS) is 9.81. The summed E-state index contributed by atoms with van der Waals surface area (Å²) in [5.41, 5.74) is 1.27. The fourth-order valence-corrected chi connectivity index (χ4v) is 1.25. The summed E-state index contributed by atoms with van der Waals surface area (Å²) >= 11 is 0. The van der Waals surface area contributed by atoms with Crippen LogP contribution in [0.2, 0.25) is 0 Å². The van der Waals surface area contributed by atoms with E-state index < -0.39 is 0 Å². The van der Waals surface area contributed by atoms with E-state index in [9.17, 15) is 0 Å². The van der Waals surface area contributed by atoms with E-state index in [1.165, 1.54) is 12.4 Å². The molecule has 2 aromatic rings. The first-order valence-electron chi connectivity index (χ1n) is 4.69. The van der Waals surface area contributed by atoms with Gasteiger partial charge in [0.05, 0.1) is 0 Å². The molecule has 6 nitrogen and oxygen atoms in total. The van der Waals surface area contributed by atoms with Gasteiger partial charge in [0, 0.05) is 31.2 Å². The van der Waals surface area contributed by atoms with Gasteiger partial charge >= 0.3 is 0 Å². The van der Waals surface area contributed by atoms with Gasteiger partial charge in [-0.3, -0.25) is 4.68 Å². The van der Waals surface area contributed by atoms with E-state index in [2.05, 4.69) is 20.4 Å². The summed E-state index contributed by atoms with van der Waals surface area (Å²) in [6, 6.07) is 3.84. The van der Waals surface area contributed by atoms with E-state index >= 15 is 0 Å². The third-order valence-electron chi connectivity index (χ3n) is 2.16. The quantitative estimate of drug-likeness (QED) is 0.810. The highest BCUT2D eigenvalue weighted by molar-refractivity contribution is 5.57. The second kappa shape index (κ2) is 3.98. The number of anilines is 2. The van der Waals surface area contributed by atoms with Crippen molar-refractivity contribution in [2.24, 2.45) is 7.05 Å². The maximum atomic E-state index is 8.84. The molecule has 16 heavy (non-hydrogen) atoms.